The van der Waals surface area contributed by atoms with Crippen molar-refractivity contribution < 1.29 is 18.9 Å². The molecule has 0 atom stereocenters. The van der Waals surface area contributed by atoms with Gasteiger partial charge < -0.3 is 15.4 Å². The zero-order valence-electron chi connectivity index (χ0n) is 20.3. The van der Waals surface area contributed by atoms with Crippen LogP contribution in [0.2, 0.25) is 10.0 Å². The molecule has 0 saturated carbocycles. The molecule has 0 unspecified atom stereocenters. The lowest BCUT2D eigenvalue weighted by atomic mass is 10.1. The molecular formula is C27H26Cl2N5O3+. The Morgan fingerprint density at radius 2 is 1.65 bits per heavy atom. The Morgan fingerprint density at radius 1 is 0.919 bits per heavy atom. The Kier molecular flexibility index (Phi) is 7.30. The van der Waals surface area contributed by atoms with Crippen LogP contribution in [0.5, 0.6) is 5.75 Å². The first kappa shape index (κ1) is 25.0. The number of nitrogens with one attached hydrogen (secondary N) is 2. The van der Waals surface area contributed by atoms with Gasteiger partial charge in [-0.25, -0.2) is 4.98 Å². The molecule has 10 heteroatoms. The molecule has 0 bridgehead atoms. The molecule has 3 aromatic rings. The van der Waals surface area contributed by atoms with Gasteiger partial charge in [0.05, 0.1) is 55.1 Å². The monoisotopic (exact) mass is 538 g/mol. The van der Waals surface area contributed by atoms with E-state index in [0.717, 1.165) is 31.7 Å². The summed E-state index contributed by atoms with van der Waals surface area (Å²) in [5.74, 6) is 0.916. The summed E-state index contributed by atoms with van der Waals surface area (Å²) < 4.78 is 7.82. The molecular weight excluding hydrogens is 513 g/mol. The van der Waals surface area contributed by atoms with Crippen LogP contribution >= 0.6 is 23.2 Å². The maximum Gasteiger partial charge on any atom is 0.279 e. The van der Waals surface area contributed by atoms with Crippen molar-refractivity contribution in [3.63, 3.8) is 0 Å². The summed E-state index contributed by atoms with van der Waals surface area (Å²) in [6.07, 6.45) is 3.82. The number of ether oxygens (including phenoxy) is 1. The van der Waals surface area contributed by atoms with Crippen molar-refractivity contribution in [2.45, 2.75) is 12.8 Å². The number of amidine groups is 1. The third-order valence-electron chi connectivity index (χ3n) is 6.46. The van der Waals surface area contributed by atoms with E-state index >= 15 is 0 Å². The number of anilines is 2. The first-order valence-corrected chi connectivity index (χ1v) is 12.8. The molecule has 2 aliphatic rings. The Balaban J connectivity index is 1.39. The van der Waals surface area contributed by atoms with Crippen LogP contribution in [0, 0.1) is 0 Å². The predicted octanol–water partition coefficient (Wildman–Crippen LogP) is 4.77. The lowest BCUT2D eigenvalue weighted by Crippen LogP contribution is -2.49. The molecule has 2 fully saturated rings. The van der Waals surface area contributed by atoms with Crippen LogP contribution in [0.15, 0.2) is 54.7 Å². The molecule has 3 heterocycles. The largest absolute Gasteiger partial charge is 0.494 e. The van der Waals surface area contributed by atoms with Crippen LogP contribution in [0.25, 0.3) is 0 Å². The summed E-state index contributed by atoms with van der Waals surface area (Å²) in [7, 11) is 1.45. The lowest BCUT2D eigenvalue weighted by Gasteiger charge is -2.31. The fourth-order valence-electron chi connectivity index (χ4n) is 4.26. The van der Waals surface area contributed by atoms with Crippen molar-refractivity contribution in [3.05, 3.63) is 81.5 Å². The second kappa shape index (κ2) is 10.8. The Hall–Kier alpha value is -3.62. The summed E-state index contributed by atoms with van der Waals surface area (Å²) in [6.45, 7) is 4.23. The second-order valence-electron chi connectivity index (χ2n) is 8.88. The Bertz CT molecular complexity index is 1360. The Labute approximate surface area is 224 Å². The molecule has 2 aromatic carbocycles. The number of carbonyl (C=O) groups is 2. The number of hydrogen-bond acceptors (Lipinski definition) is 4. The summed E-state index contributed by atoms with van der Waals surface area (Å²) >= 11 is 12.1. The minimum absolute atomic E-state index is 0.136. The molecule has 2 aliphatic heterocycles. The number of aromatic nitrogens is 1. The van der Waals surface area contributed by atoms with Crippen LogP contribution in [-0.4, -0.2) is 65.4 Å². The van der Waals surface area contributed by atoms with Crippen molar-refractivity contribution in [3.8, 4) is 5.75 Å². The number of hydrogen-bond donors (Lipinski definition) is 2. The average Bonchev–Trinajstić information content (AvgIpc) is 2.83. The number of pyridine rings is 1. The smallest absolute Gasteiger partial charge is 0.279 e. The van der Waals surface area contributed by atoms with E-state index in [4.69, 9.17) is 27.9 Å². The quantitative estimate of drug-likeness (QED) is 0.348. The van der Waals surface area contributed by atoms with Crippen LogP contribution in [-0.2, 0) is 0 Å². The van der Waals surface area contributed by atoms with Crippen LogP contribution in [0.1, 0.15) is 39.1 Å². The topological polar surface area (TPSA) is 86.6 Å². The minimum atomic E-state index is -0.510. The highest BCUT2D eigenvalue weighted by atomic mass is 35.5. The normalized spacial score (nSPS) is 14.4. The van der Waals surface area contributed by atoms with E-state index in [9.17, 15) is 9.59 Å². The lowest BCUT2D eigenvalue weighted by molar-refractivity contribution is -0.587. The number of rotatable bonds is 6. The first-order chi connectivity index (χ1) is 17.9. The van der Waals surface area contributed by atoms with Gasteiger partial charge in [-0.05, 0) is 42.5 Å². The highest BCUT2D eigenvalue weighted by Crippen LogP contribution is 2.33. The minimum Gasteiger partial charge on any atom is -0.494 e. The van der Waals surface area contributed by atoms with Gasteiger partial charge in [0, 0.05) is 35.7 Å². The maximum atomic E-state index is 13.2. The van der Waals surface area contributed by atoms with E-state index in [2.05, 4.69) is 25.1 Å². The third kappa shape index (κ3) is 5.40. The van der Waals surface area contributed by atoms with Gasteiger partial charge in [-0.1, -0.05) is 23.2 Å². The van der Waals surface area contributed by atoms with Crippen LogP contribution in [0.3, 0.4) is 0 Å². The van der Waals surface area contributed by atoms with Gasteiger partial charge in [0.25, 0.3) is 17.6 Å². The molecule has 8 nitrogen and oxygen atoms in total. The van der Waals surface area contributed by atoms with E-state index in [1.54, 1.807) is 30.3 Å². The number of benzene rings is 2. The van der Waals surface area contributed by atoms with Crippen LogP contribution < -0.4 is 15.4 Å². The van der Waals surface area contributed by atoms with Gasteiger partial charge in [0.2, 0.25) is 0 Å². The zero-order chi connectivity index (χ0) is 25.9. The molecule has 37 heavy (non-hydrogen) atoms. The van der Waals surface area contributed by atoms with Gasteiger partial charge >= 0.3 is 0 Å². The molecule has 2 amide bonds. The van der Waals surface area contributed by atoms with Crippen molar-refractivity contribution in [1.82, 2.24) is 9.88 Å². The van der Waals surface area contributed by atoms with Gasteiger partial charge in [-0.2, -0.15) is 0 Å². The van der Waals surface area contributed by atoms with Crippen molar-refractivity contribution >= 4 is 52.4 Å². The van der Waals surface area contributed by atoms with Crippen molar-refractivity contribution in [2.75, 3.05) is 43.9 Å². The summed E-state index contributed by atoms with van der Waals surface area (Å²) in [4.78, 5) is 32.8. The molecule has 2 N–H and O–H groups in total. The molecule has 5 rings (SSSR count). The number of amides is 2. The van der Waals surface area contributed by atoms with E-state index in [-0.39, 0.29) is 27.9 Å². The highest BCUT2D eigenvalue weighted by molar-refractivity contribution is 6.32. The zero-order valence-corrected chi connectivity index (χ0v) is 21.8. The van der Waals surface area contributed by atoms with Gasteiger partial charge in [-0.15, -0.1) is 0 Å². The summed E-state index contributed by atoms with van der Waals surface area (Å²) in [5, 5.41) is 6.26. The number of carbonyl (C=O) groups excluding carboxylic acids is 2. The predicted molar refractivity (Wildman–Crippen MR) is 145 cm³/mol. The number of nitrogens with zero attached hydrogens (tertiary/aromatic N) is 3. The molecule has 190 valence electrons. The third-order valence-corrected chi connectivity index (χ3v) is 6.90. The molecule has 0 radical (unpaired) electrons. The average molecular weight is 539 g/mol. The van der Waals surface area contributed by atoms with Gasteiger partial charge in [-0.3, -0.25) is 19.1 Å². The van der Waals surface area contributed by atoms with Gasteiger partial charge in [0.1, 0.15) is 11.6 Å². The SMILES string of the molecule is COc1cc(Cl)cc(C(=O)Nc2ccc(Cl)cn2)c1NC(=O)c1ccc(C(N2CCC2)=[N+]2CCC2)cc1. The number of likely N-dealkylation sites (tertiary alicyclic amines) is 1. The van der Waals surface area contributed by atoms with E-state index in [0.29, 0.717) is 16.4 Å². The number of halogens is 2. The molecule has 0 aliphatic carbocycles. The summed E-state index contributed by atoms with van der Waals surface area (Å²) in [6, 6.07) is 13.7. The molecule has 2 saturated heterocycles. The van der Waals surface area contributed by atoms with E-state index in [1.807, 2.05) is 12.1 Å². The van der Waals surface area contributed by atoms with Crippen molar-refractivity contribution in [1.29, 1.82) is 0 Å². The van der Waals surface area contributed by atoms with E-state index in [1.165, 1.54) is 38.1 Å². The molecule has 0 spiro atoms. The second-order valence-corrected chi connectivity index (χ2v) is 9.76. The fourth-order valence-corrected chi connectivity index (χ4v) is 4.58. The van der Waals surface area contributed by atoms with Crippen LogP contribution in [0.4, 0.5) is 11.5 Å². The summed E-state index contributed by atoms with van der Waals surface area (Å²) in [5.41, 5.74) is 1.90. The van der Waals surface area contributed by atoms with Crippen molar-refractivity contribution in [2.24, 2.45) is 0 Å². The highest BCUT2D eigenvalue weighted by Gasteiger charge is 2.32. The maximum absolute atomic E-state index is 13.2. The first-order valence-electron chi connectivity index (χ1n) is 12.0. The standard InChI is InChI=1S/C27H25Cl2N5O3/c1-37-22-15-20(29)14-21(26(36)31-23-9-8-19(28)16-30-23)24(22)32-25(35)17-4-6-18(7-5-17)27(33-10-2-11-33)34-12-3-13-34/h4-9,14-16H,2-3,10-13H2,1H3,(H-,30,31,32,35,36)/p+1. The van der Waals surface area contributed by atoms with E-state index < -0.39 is 5.91 Å². The number of methoxy groups -OCH3 is 1. The van der Waals surface area contributed by atoms with Gasteiger partial charge in [0.15, 0.2) is 0 Å². The Morgan fingerprint density at radius 3 is 2.22 bits per heavy atom. The fraction of sp³-hybridized carbons (Fsp3) is 0.259. The molecule has 1 aromatic heterocycles.